The molecule has 0 aliphatic carbocycles. The Morgan fingerprint density at radius 1 is 1.43 bits per heavy atom. The van der Waals surface area contributed by atoms with E-state index in [0.29, 0.717) is 6.61 Å². The van der Waals surface area contributed by atoms with Gasteiger partial charge < -0.3 is 15.2 Å². The molecule has 0 aliphatic heterocycles. The molecule has 2 N–H and O–H groups in total. The number of primary amides is 1. The predicted molar refractivity (Wildman–Crippen MR) is 58.4 cm³/mol. The van der Waals surface area contributed by atoms with Crippen molar-refractivity contribution in [1.29, 1.82) is 0 Å². The van der Waals surface area contributed by atoms with Crippen LogP contribution in [-0.2, 0) is 14.3 Å². The van der Waals surface area contributed by atoms with Gasteiger partial charge in [-0.25, -0.2) is 0 Å². The van der Waals surface area contributed by atoms with E-state index in [1.54, 1.807) is 26.0 Å². The zero-order valence-electron chi connectivity index (χ0n) is 8.99. The number of rotatable bonds is 8. The van der Waals surface area contributed by atoms with E-state index in [1.165, 1.54) is 0 Å². The third kappa shape index (κ3) is 6.23. The fourth-order valence-corrected chi connectivity index (χ4v) is 1.98. The van der Waals surface area contributed by atoms with Crippen molar-refractivity contribution >= 4 is 17.7 Å². The molecule has 0 saturated heterocycles. The number of nitrogens with two attached hydrogens (primary N) is 1. The van der Waals surface area contributed by atoms with Crippen LogP contribution in [0.15, 0.2) is 0 Å². The lowest BCUT2D eigenvalue weighted by Crippen LogP contribution is -2.24. The van der Waals surface area contributed by atoms with Crippen LogP contribution in [0, 0.1) is 5.92 Å². The third-order valence-electron chi connectivity index (χ3n) is 1.84. The Morgan fingerprint density at radius 3 is 2.50 bits per heavy atom. The Bertz CT molecular complexity index is 166. The van der Waals surface area contributed by atoms with Crippen LogP contribution in [0.3, 0.4) is 0 Å². The van der Waals surface area contributed by atoms with Gasteiger partial charge in [0.15, 0.2) is 0 Å². The first-order chi connectivity index (χ1) is 6.61. The number of ether oxygens (including phenoxy) is 2. The second-order valence-electron chi connectivity index (χ2n) is 3.15. The van der Waals surface area contributed by atoms with Gasteiger partial charge in [0.1, 0.15) is 0 Å². The molecule has 14 heavy (non-hydrogen) atoms. The van der Waals surface area contributed by atoms with E-state index >= 15 is 0 Å². The van der Waals surface area contributed by atoms with Crippen molar-refractivity contribution in [3.05, 3.63) is 0 Å². The van der Waals surface area contributed by atoms with Crippen molar-refractivity contribution in [1.82, 2.24) is 0 Å². The summed E-state index contributed by atoms with van der Waals surface area (Å²) in [6.07, 6.45) is 0.0880. The number of hydrogen-bond donors (Lipinski definition) is 1. The van der Waals surface area contributed by atoms with Crippen LogP contribution in [-0.4, -0.2) is 44.3 Å². The molecule has 1 amide bonds. The van der Waals surface area contributed by atoms with E-state index < -0.39 is 0 Å². The first-order valence-corrected chi connectivity index (χ1v) is 5.66. The summed E-state index contributed by atoms with van der Waals surface area (Å²) in [4.78, 5) is 10.7. The van der Waals surface area contributed by atoms with Crippen molar-refractivity contribution in [3.63, 3.8) is 0 Å². The van der Waals surface area contributed by atoms with Gasteiger partial charge in [0.2, 0.25) is 5.91 Å². The van der Waals surface area contributed by atoms with E-state index in [-0.39, 0.29) is 17.9 Å². The van der Waals surface area contributed by atoms with Gasteiger partial charge in [-0.1, -0.05) is 6.92 Å². The summed E-state index contributed by atoms with van der Waals surface area (Å²) in [5, 5.41) is 0. The van der Waals surface area contributed by atoms with Crippen LogP contribution in [0.1, 0.15) is 6.92 Å². The van der Waals surface area contributed by atoms with Gasteiger partial charge in [-0.3, -0.25) is 4.79 Å². The molecule has 0 fully saturated rings. The predicted octanol–water partition coefficient (Wildman–Crippen LogP) is 0.502. The van der Waals surface area contributed by atoms with Gasteiger partial charge in [-0.2, -0.15) is 11.8 Å². The normalized spacial score (nSPS) is 15.1. The highest BCUT2D eigenvalue weighted by Gasteiger charge is 2.11. The molecular formula is C9H19NO3S. The second-order valence-corrected chi connectivity index (χ2v) is 4.23. The average Bonchev–Trinajstić information content (AvgIpc) is 2.16. The first kappa shape index (κ1) is 13.7. The van der Waals surface area contributed by atoms with Crippen LogP contribution in [0.25, 0.3) is 0 Å². The number of carbonyl (C=O) groups excluding carboxylic acids is 1. The van der Waals surface area contributed by atoms with Crippen molar-refractivity contribution in [3.8, 4) is 0 Å². The molecule has 0 aliphatic rings. The largest absolute Gasteiger partial charge is 0.382 e. The first-order valence-electron chi connectivity index (χ1n) is 4.50. The minimum Gasteiger partial charge on any atom is -0.382 e. The zero-order chi connectivity index (χ0) is 11.0. The zero-order valence-corrected chi connectivity index (χ0v) is 9.80. The smallest absolute Gasteiger partial charge is 0.221 e. The lowest BCUT2D eigenvalue weighted by Gasteiger charge is -2.14. The minimum atomic E-state index is -0.252. The molecule has 0 spiro atoms. The molecule has 0 rings (SSSR count). The Morgan fingerprint density at radius 2 is 2.07 bits per heavy atom. The van der Waals surface area contributed by atoms with E-state index in [2.05, 4.69) is 0 Å². The summed E-state index contributed by atoms with van der Waals surface area (Å²) in [7, 11) is 3.30. The molecule has 0 saturated carbocycles. The number of methoxy groups -OCH3 is 2. The van der Waals surface area contributed by atoms with Gasteiger partial charge in [0.05, 0.1) is 12.7 Å². The van der Waals surface area contributed by atoms with Gasteiger partial charge in [0, 0.05) is 31.6 Å². The van der Waals surface area contributed by atoms with E-state index in [9.17, 15) is 4.79 Å². The third-order valence-corrected chi connectivity index (χ3v) is 3.19. The average molecular weight is 221 g/mol. The Labute approximate surface area is 89.5 Å². The maximum atomic E-state index is 10.7. The van der Waals surface area contributed by atoms with Crippen LogP contribution in [0.5, 0.6) is 0 Å². The van der Waals surface area contributed by atoms with Crippen molar-refractivity contribution in [2.75, 3.05) is 32.3 Å². The fourth-order valence-electron chi connectivity index (χ4n) is 0.828. The van der Waals surface area contributed by atoms with Gasteiger partial charge >= 0.3 is 0 Å². The van der Waals surface area contributed by atoms with Crippen molar-refractivity contribution < 1.29 is 14.3 Å². The molecule has 4 nitrogen and oxygen atoms in total. The summed E-state index contributed by atoms with van der Waals surface area (Å²) in [6, 6.07) is 0. The highest BCUT2D eigenvalue weighted by molar-refractivity contribution is 7.99. The van der Waals surface area contributed by atoms with Crippen molar-refractivity contribution in [2.45, 2.75) is 13.0 Å². The maximum absolute atomic E-state index is 10.7. The number of hydrogen-bond acceptors (Lipinski definition) is 4. The van der Waals surface area contributed by atoms with E-state index in [4.69, 9.17) is 15.2 Å². The van der Waals surface area contributed by atoms with Crippen LogP contribution < -0.4 is 5.73 Å². The van der Waals surface area contributed by atoms with E-state index in [1.807, 2.05) is 6.92 Å². The molecule has 2 unspecified atom stereocenters. The highest BCUT2D eigenvalue weighted by atomic mass is 32.2. The maximum Gasteiger partial charge on any atom is 0.221 e. The Hall–Kier alpha value is -0.260. The lowest BCUT2D eigenvalue weighted by molar-refractivity contribution is -0.120. The Balaban J connectivity index is 3.55. The number of thioether (sulfide) groups is 1. The lowest BCUT2D eigenvalue weighted by atomic mass is 10.2. The molecular weight excluding hydrogens is 202 g/mol. The number of amides is 1. The SMILES string of the molecule is COCC(CSCC(C)C(N)=O)OC. The topological polar surface area (TPSA) is 61.5 Å². The summed E-state index contributed by atoms with van der Waals surface area (Å²) >= 11 is 1.66. The molecule has 84 valence electrons. The molecule has 2 atom stereocenters. The standard InChI is InChI=1S/C9H19NO3S/c1-7(9(10)11)5-14-6-8(13-3)4-12-2/h7-8H,4-6H2,1-3H3,(H2,10,11). The fraction of sp³-hybridized carbons (Fsp3) is 0.889. The van der Waals surface area contributed by atoms with E-state index in [0.717, 1.165) is 11.5 Å². The molecule has 0 aromatic carbocycles. The summed E-state index contributed by atoms with van der Waals surface area (Å²) < 4.78 is 10.1. The monoisotopic (exact) mass is 221 g/mol. The summed E-state index contributed by atoms with van der Waals surface area (Å²) in [6.45, 7) is 2.40. The Kier molecular flexibility index (Phi) is 7.93. The molecule has 0 bridgehead atoms. The second kappa shape index (κ2) is 8.08. The quantitative estimate of drug-likeness (QED) is 0.648. The van der Waals surface area contributed by atoms with Gasteiger partial charge in [0.25, 0.3) is 0 Å². The molecule has 0 aromatic heterocycles. The molecule has 0 heterocycles. The molecule has 5 heteroatoms. The van der Waals surface area contributed by atoms with Crippen molar-refractivity contribution in [2.24, 2.45) is 11.7 Å². The van der Waals surface area contributed by atoms with Crippen LogP contribution in [0.2, 0.25) is 0 Å². The summed E-state index contributed by atoms with van der Waals surface area (Å²) in [5.41, 5.74) is 5.14. The highest BCUT2D eigenvalue weighted by Crippen LogP contribution is 2.10. The van der Waals surface area contributed by atoms with Crippen LogP contribution >= 0.6 is 11.8 Å². The molecule has 0 aromatic rings. The van der Waals surface area contributed by atoms with Gasteiger partial charge in [-0.15, -0.1) is 0 Å². The van der Waals surface area contributed by atoms with Crippen LogP contribution in [0.4, 0.5) is 0 Å². The van der Waals surface area contributed by atoms with Gasteiger partial charge in [-0.05, 0) is 0 Å². The summed E-state index contributed by atoms with van der Waals surface area (Å²) in [5.74, 6) is 1.22. The number of carbonyl (C=O) groups is 1. The molecule has 0 radical (unpaired) electrons. The minimum absolute atomic E-state index is 0.0833.